The van der Waals surface area contributed by atoms with Crippen LogP contribution in [0.5, 0.6) is 0 Å². The quantitative estimate of drug-likeness (QED) is 0.131. The summed E-state index contributed by atoms with van der Waals surface area (Å²) in [5.41, 5.74) is -0.358. The Hall–Kier alpha value is -2.10. The molecule has 2 unspecified atom stereocenters. The molecule has 0 amide bonds. The predicted molar refractivity (Wildman–Crippen MR) is 129 cm³/mol. The fourth-order valence-corrected chi connectivity index (χ4v) is 4.04. The van der Waals surface area contributed by atoms with Crippen molar-refractivity contribution in [2.24, 2.45) is 11.3 Å². The van der Waals surface area contributed by atoms with Crippen LogP contribution in [0.4, 0.5) is 0 Å². The number of hydrogen-bond donors (Lipinski definition) is 0. The average Bonchev–Trinajstić information content (AvgIpc) is 2.81. The number of hydrogen-bond acceptors (Lipinski definition) is 4. The van der Waals surface area contributed by atoms with E-state index >= 15 is 0 Å². The van der Waals surface area contributed by atoms with Gasteiger partial charge in [0.25, 0.3) is 0 Å². The largest absolute Gasteiger partial charge is 0.465 e. The van der Waals surface area contributed by atoms with E-state index in [0.717, 1.165) is 50.5 Å². The Bertz CT molecular complexity index is 707. The molecule has 0 bridgehead atoms. The Labute approximate surface area is 194 Å². The van der Waals surface area contributed by atoms with Crippen LogP contribution in [0.15, 0.2) is 42.5 Å². The molecule has 0 heterocycles. The van der Waals surface area contributed by atoms with Crippen LogP contribution in [-0.4, -0.2) is 18.5 Å². The molecule has 0 aliphatic heterocycles. The van der Waals surface area contributed by atoms with Crippen LogP contribution in [0.2, 0.25) is 0 Å². The maximum Gasteiger partial charge on any atom is 0.323 e. The summed E-state index contributed by atoms with van der Waals surface area (Å²) in [6.45, 7) is 5.77. The minimum atomic E-state index is -1.32. The van der Waals surface area contributed by atoms with Crippen LogP contribution in [0.25, 0.3) is 0 Å². The Morgan fingerprint density at radius 1 is 1.00 bits per heavy atom. The molecule has 32 heavy (non-hydrogen) atoms. The second-order valence-corrected chi connectivity index (χ2v) is 9.54. The molecule has 0 saturated carbocycles. The van der Waals surface area contributed by atoms with Crippen molar-refractivity contribution >= 4 is 11.9 Å². The van der Waals surface area contributed by atoms with Crippen molar-refractivity contribution in [1.29, 1.82) is 0 Å². The van der Waals surface area contributed by atoms with E-state index in [1.54, 1.807) is 13.8 Å². The first-order chi connectivity index (χ1) is 15.4. The van der Waals surface area contributed by atoms with Crippen molar-refractivity contribution < 1.29 is 19.1 Å². The maximum atomic E-state index is 13.0. The maximum absolute atomic E-state index is 13.0. The third-order valence-electron chi connectivity index (χ3n) is 6.29. The number of benzene rings is 1. The van der Waals surface area contributed by atoms with Gasteiger partial charge in [-0.3, -0.25) is 9.59 Å². The summed E-state index contributed by atoms with van der Waals surface area (Å²) in [5, 5.41) is 0. The van der Waals surface area contributed by atoms with Gasteiger partial charge in [-0.2, -0.15) is 0 Å². The lowest BCUT2D eigenvalue weighted by Crippen LogP contribution is -2.37. The zero-order valence-electron chi connectivity index (χ0n) is 20.3. The molecule has 1 aliphatic rings. The molecule has 4 nitrogen and oxygen atoms in total. The van der Waals surface area contributed by atoms with Gasteiger partial charge in [0.2, 0.25) is 0 Å². The summed E-state index contributed by atoms with van der Waals surface area (Å²) in [6.07, 6.45) is 16.3. The zero-order chi connectivity index (χ0) is 23.2. The van der Waals surface area contributed by atoms with Crippen molar-refractivity contribution in [1.82, 2.24) is 0 Å². The first-order valence-electron chi connectivity index (χ1n) is 12.5. The molecule has 4 heteroatoms. The molecule has 0 saturated heterocycles. The first kappa shape index (κ1) is 26.2. The minimum absolute atomic E-state index is 0.359. The van der Waals surface area contributed by atoms with E-state index in [4.69, 9.17) is 9.47 Å². The van der Waals surface area contributed by atoms with Gasteiger partial charge in [-0.05, 0) is 57.4 Å². The standard InChI is InChI=1S/C28H42O4/c1-4-5-6-7-8-9-16-21-31-26(29)28(2,3)27(30)32-25(24-19-14-11-15-20-24)22-23-17-12-10-13-18-23/h11-12,14-15,17,19-20,23,25H,4-10,13,16,18,21-22H2,1-3H3. The highest BCUT2D eigenvalue weighted by Gasteiger charge is 2.41. The molecule has 0 radical (unpaired) electrons. The minimum Gasteiger partial charge on any atom is -0.465 e. The van der Waals surface area contributed by atoms with Gasteiger partial charge in [0, 0.05) is 0 Å². The lowest BCUT2D eigenvalue weighted by molar-refractivity contribution is -0.174. The highest BCUT2D eigenvalue weighted by molar-refractivity contribution is 5.99. The van der Waals surface area contributed by atoms with E-state index in [1.807, 2.05) is 30.3 Å². The Morgan fingerprint density at radius 3 is 2.34 bits per heavy atom. The highest BCUT2D eigenvalue weighted by Crippen LogP contribution is 2.33. The molecule has 178 valence electrons. The number of ether oxygens (including phenoxy) is 2. The molecule has 0 spiro atoms. The van der Waals surface area contributed by atoms with Gasteiger partial charge in [-0.25, -0.2) is 0 Å². The van der Waals surface area contributed by atoms with E-state index in [1.165, 1.54) is 25.7 Å². The predicted octanol–water partition coefficient (Wildman–Crippen LogP) is 7.34. The third kappa shape index (κ3) is 8.80. The van der Waals surface area contributed by atoms with Crippen molar-refractivity contribution in [2.45, 2.75) is 97.5 Å². The van der Waals surface area contributed by atoms with Crippen LogP contribution in [-0.2, 0) is 19.1 Å². The molecule has 0 fully saturated rings. The summed E-state index contributed by atoms with van der Waals surface area (Å²) in [7, 11) is 0. The van der Waals surface area contributed by atoms with Gasteiger partial charge in [0.15, 0.2) is 5.41 Å². The molecule has 0 aromatic heterocycles. The lowest BCUT2D eigenvalue weighted by atomic mass is 9.88. The van der Waals surface area contributed by atoms with Crippen molar-refractivity contribution in [2.75, 3.05) is 6.61 Å². The summed E-state index contributed by atoms with van der Waals surface area (Å²) >= 11 is 0. The number of carbonyl (C=O) groups is 2. The fraction of sp³-hybridized carbons (Fsp3) is 0.643. The van der Waals surface area contributed by atoms with Gasteiger partial charge >= 0.3 is 11.9 Å². The van der Waals surface area contributed by atoms with E-state index in [2.05, 4.69) is 19.1 Å². The van der Waals surface area contributed by atoms with Crippen LogP contribution in [0.1, 0.15) is 103 Å². The molecular formula is C28H42O4. The molecule has 2 rings (SSSR count). The summed E-state index contributed by atoms with van der Waals surface area (Å²) < 4.78 is 11.4. The van der Waals surface area contributed by atoms with Gasteiger partial charge in [0.1, 0.15) is 6.10 Å². The average molecular weight is 443 g/mol. The molecule has 0 N–H and O–H groups in total. The number of esters is 2. The highest BCUT2D eigenvalue weighted by atomic mass is 16.6. The zero-order valence-corrected chi connectivity index (χ0v) is 20.3. The normalized spacial score (nSPS) is 17.0. The number of unbranched alkanes of at least 4 members (excludes halogenated alkanes) is 6. The van der Waals surface area contributed by atoms with Crippen LogP contribution < -0.4 is 0 Å². The number of carbonyl (C=O) groups excluding carboxylic acids is 2. The van der Waals surface area contributed by atoms with Crippen LogP contribution in [0.3, 0.4) is 0 Å². The van der Waals surface area contributed by atoms with Crippen LogP contribution >= 0.6 is 0 Å². The van der Waals surface area contributed by atoms with Crippen LogP contribution in [0, 0.1) is 11.3 Å². The Morgan fingerprint density at radius 2 is 1.69 bits per heavy atom. The second-order valence-electron chi connectivity index (χ2n) is 9.54. The first-order valence-corrected chi connectivity index (χ1v) is 12.5. The number of allylic oxidation sites excluding steroid dienone is 2. The molecule has 1 aromatic rings. The number of rotatable bonds is 14. The monoisotopic (exact) mass is 442 g/mol. The lowest BCUT2D eigenvalue weighted by Gasteiger charge is -2.28. The molecule has 1 aromatic carbocycles. The fourth-order valence-electron chi connectivity index (χ4n) is 4.04. The van der Waals surface area contributed by atoms with E-state index in [-0.39, 0.29) is 6.10 Å². The SMILES string of the molecule is CCCCCCCCCOC(=O)C(C)(C)C(=O)OC(CC1C=CCCC1)c1ccccc1. The third-order valence-corrected chi connectivity index (χ3v) is 6.29. The Kier molecular flexibility index (Phi) is 11.5. The molecule has 1 aliphatic carbocycles. The van der Waals surface area contributed by atoms with Crippen molar-refractivity contribution in [3.05, 3.63) is 48.0 Å². The Balaban J connectivity index is 1.87. The molecular weight excluding hydrogens is 400 g/mol. The van der Waals surface area contributed by atoms with Gasteiger partial charge in [-0.15, -0.1) is 0 Å². The summed E-state index contributed by atoms with van der Waals surface area (Å²) in [6, 6.07) is 9.82. The van der Waals surface area contributed by atoms with Crippen molar-refractivity contribution in [3.63, 3.8) is 0 Å². The van der Waals surface area contributed by atoms with Gasteiger partial charge in [0.05, 0.1) is 6.61 Å². The van der Waals surface area contributed by atoms with E-state index in [0.29, 0.717) is 12.5 Å². The van der Waals surface area contributed by atoms with Gasteiger partial charge in [-0.1, -0.05) is 87.9 Å². The van der Waals surface area contributed by atoms with E-state index < -0.39 is 17.4 Å². The molecule has 2 atom stereocenters. The smallest absolute Gasteiger partial charge is 0.323 e. The topological polar surface area (TPSA) is 52.6 Å². The van der Waals surface area contributed by atoms with Gasteiger partial charge < -0.3 is 9.47 Å². The second kappa shape index (κ2) is 14.1. The van der Waals surface area contributed by atoms with Crippen molar-refractivity contribution in [3.8, 4) is 0 Å². The van der Waals surface area contributed by atoms with E-state index in [9.17, 15) is 9.59 Å². The summed E-state index contributed by atoms with van der Waals surface area (Å²) in [5.74, 6) is -0.636. The summed E-state index contributed by atoms with van der Waals surface area (Å²) in [4.78, 5) is 25.7.